The van der Waals surface area contributed by atoms with Gasteiger partial charge in [-0.1, -0.05) is 37.6 Å². The Labute approximate surface area is 172 Å². The topological polar surface area (TPSA) is 69.7 Å². The van der Waals surface area contributed by atoms with E-state index in [9.17, 15) is 13.2 Å². The number of sulfonamides is 1. The molecule has 2 aromatic rings. The second kappa shape index (κ2) is 10.0. The number of carbonyl (C=O) groups excluding carboxylic acids is 1. The summed E-state index contributed by atoms with van der Waals surface area (Å²) in [5.74, 6) is -0.171. The predicted octanol–water partition coefficient (Wildman–Crippen LogP) is 3.44. The summed E-state index contributed by atoms with van der Waals surface area (Å²) in [6.45, 7) is 5.26. The van der Waals surface area contributed by atoms with Gasteiger partial charge in [0.1, 0.15) is 0 Å². The summed E-state index contributed by atoms with van der Waals surface area (Å²) in [5.41, 5.74) is 1.62. The fourth-order valence-corrected chi connectivity index (χ4v) is 4.41. The van der Waals surface area contributed by atoms with Crippen LogP contribution >= 0.6 is 11.6 Å². The summed E-state index contributed by atoms with van der Waals surface area (Å²) in [4.78, 5) is 14.4. The molecule has 0 saturated heterocycles. The third kappa shape index (κ3) is 6.04. The lowest BCUT2D eigenvalue weighted by atomic mass is 10.2. The first-order valence-electron chi connectivity index (χ1n) is 9.09. The van der Waals surface area contributed by atoms with Crippen molar-refractivity contribution in [3.8, 4) is 0 Å². The first-order chi connectivity index (χ1) is 13.3. The van der Waals surface area contributed by atoms with Crippen LogP contribution in [0.4, 0.5) is 5.69 Å². The highest BCUT2D eigenvalue weighted by Crippen LogP contribution is 2.18. The second-order valence-corrected chi connectivity index (χ2v) is 8.84. The van der Waals surface area contributed by atoms with Gasteiger partial charge in [0.05, 0.1) is 11.4 Å². The van der Waals surface area contributed by atoms with Gasteiger partial charge in [-0.05, 0) is 49.0 Å². The average Bonchev–Trinajstić information content (AvgIpc) is 2.64. The number of hydrogen-bond donors (Lipinski definition) is 1. The molecule has 28 heavy (non-hydrogen) atoms. The van der Waals surface area contributed by atoms with Crippen LogP contribution in [-0.2, 0) is 21.4 Å². The Morgan fingerprint density at radius 2 is 1.57 bits per heavy atom. The summed E-state index contributed by atoms with van der Waals surface area (Å²) in [6, 6.07) is 13.7. The molecular formula is C20H26ClN3O3S. The Morgan fingerprint density at radius 1 is 1.00 bits per heavy atom. The zero-order chi connectivity index (χ0) is 20.7. The normalized spacial score (nSPS) is 11.8. The molecule has 0 heterocycles. The summed E-state index contributed by atoms with van der Waals surface area (Å²) in [7, 11) is -1.65. The maximum absolute atomic E-state index is 12.5. The van der Waals surface area contributed by atoms with E-state index in [0.29, 0.717) is 30.3 Å². The first kappa shape index (κ1) is 22.4. The minimum absolute atomic E-state index is 0.171. The first-order valence-corrected chi connectivity index (χ1v) is 10.9. The number of likely N-dealkylation sites (N-methyl/N-ethyl adjacent to an activating group) is 1. The molecule has 0 aromatic heterocycles. The molecule has 0 bridgehead atoms. The highest BCUT2D eigenvalue weighted by atomic mass is 35.5. The number of halogens is 1. The van der Waals surface area contributed by atoms with Gasteiger partial charge in [0.15, 0.2) is 0 Å². The lowest BCUT2D eigenvalue weighted by Crippen LogP contribution is -2.31. The van der Waals surface area contributed by atoms with Crippen molar-refractivity contribution in [2.24, 2.45) is 0 Å². The molecule has 0 saturated carbocycles. The van der Waals surface area contributed by atoms with Gasteiger partial charge in [0, 0.05) is 30.3 Å². The third-order valence-corrected chi connectivity index (χ3v) is 6.58. The minimum atomic E-state index is -3.50. The van der Waals surface area contributed by atoms with E-state index in [1.165, 1.54) is 16.4 Å². The lowest BCUT2D eigenvalue weighted by molar-refractivity contribution is -0.117. The molecule has 8 heteroatoms. The third-order valence-electron chi connectivity index (χ3n) is 4.26. The highest BCUT2D eigenvalue weighted by Gasteiger charge is 2.21. The molecule has 0 spiro atoms. The van der Waals surface area contributed by atoms with Crippen LogP contribution in [0.1, 0.15) is 19.4 Å². The Bertz CT molecular complexity index is 880. The maximum atomic E-state index is 12.5. The highest BCUT2D eigenvalue weighted by molar-refractivity contribution is 7.89. The summed E-state index contributed by atoms with van der Waals surface area (Å²) >= 11 is 5.88. The molecule has 0 radical (unpaired) electrons. The Balaban J connectivity index is 1.94. The molecule has 1 N–H and O–H groups in total. The van der Waals surface area contributed by atoms with E-state index < -0.39 is 10.0 Å². The van der Waals surface area contributed by atoms with Crippen molar-refractivity contribution < 1.29 is 13.2 Å². The number of hydrogen-bond acceptors (Lipinski definition) is 4. The van der Waals surface area contributed by atoms with Crippen LogP contribution in [0, 0.1) is 0 Å². The molecule has 0 atom stereocenters. The molecule has 2 rings (SSSR count). The summed E-state index contributed by atoms with van der Waals surface area (Å²) < 4.78 is 26.4. The number of amides is 1. The van der Waals surface area contributed by atoms with Crippen LogP contribution in [0.5, 0.6) is 0 Å². The van der Waals surface area contributed by atoms with E-state index in [-0.39, 0.29) is 17.3 Å². The van der Waals surface area contributed by atoms with E-state index in [0.717, 1.165) is 5.56 Å². The van der Waals surface area contributed by atoms with Gasteiger partial charge < -0.3 is 5.32 Å². The van der Waals surface area contributed by atoms with E-state index in [4.69, 9.17) is 11.6 Å². The van der Waals surface area contributed by atoms with Crippen LogP contribution in [0.15, 0.2) is 53.4 Å². The molecule has 152 valence electrons. The SMILES string of the molecule is CCN(CC)S(=O)(=O)c1ccc(NC(=O)CN(C)Cc2ccc(Cl)cc2)cc1. The zero-order valence-corrected chi connectivity index (χ0v) is 17.9. The fourth-order valence-electron chi connectivity index (χ4n) is 2.83. The standard InChI is InChI=1S/C20H26ClN3O3S/c1-4-24(5-2)28(26,27)19-12-10-18(11-13-19)22-20(25)15-23(3)14-16-6-8-17(21)9-7-16/h6-13H,4-5,14-15H2,1-3H3,(H,22,25). The Morgan fingerprint density at radius 3 is 2.11 bits per heavy atom. The fraction of sp³-hybridized carbons (Fsp3) is 0.350. The summed E-state index contributed by atoms with van der Waals surface area (Å²) in [6.07, 6.45) is 0. The maximum Gasteiger partial charge on any atom is 0.243 e. The molecule has 0 unspecified atom stereocenters. The van der Waals surface area contributed by atoms with Gasteiger partial charge in [-0.3, -0.25) is 9.69 Å². The van der Waals surface area contributed by atoms with Crippen molar-refractivity contribution in [2.75, 3.05) is 32.0 Å². The second-order valence-electron chi connectivity index (χ2n) is 6.46. The number of anilines is 1. The molecule has 0 aliphatic heterocycles. The molecule has 2 aromatic carbocycles. The lowest BCUT2D eigenvalue weighted by Gasteiger charge is -2.19. The summed E-state index contributed by atoms with van der Waals surface area (Å²) in [5, 5.41) is 3.47. The van der Waals surface area contributed by atoms with Gasteiger partial charge in [-0.2, -0.15) is 4.31 Å². The number of nitrogens with one attached hydrogen (secondary N) is 1. The van der Waals surface area contributed by atoms with E-state index in [1.807, 2.05) is 36.2 Å². The molecule has 0 fully saturated rings. The quantitative estimate of drug-likeness (QED) is 0.670. The molecular weight excluding hydrogens is 398 g/mol. The monoisotopic (exact) mass is 423 g/mol. The molecule has 0 aliphatic rings. The van der Waals surface area contributed by atoms with Crippen molar-refractivity contribution in [3.05, 3.63) is 59.1 Å². The van der Waals surface area contributed by atoms with Crippen molar-refractivity contribution in [3.63, 3.8) is 0 Å². The van der Waals surface area contributed by atoms with Crippen LogP contribution in [0.25, 0.3) is 0 Å². The van der Waals surface area contributed by atoms with Gasteiger partial charge in [0.2, 0.25) is 15.9 Å². The van der Waals surface area contributed by atoms with Gasteiger partial charge in [-0.25, -0.2) is 8.42 Å². The average molecular weight is 424 g/mol. The number of rotatable bonds is 9. The Hall–Kier alpha value is -1.93. The Kier molecular flexibility index (Phi) is 8.00. The minimum Gasteiger partial charge on any atom is -0.325 e. The van der Waals surface area contributed by atoms with Gasteiger partial charge >= 0.3 is 0 Å². The van der Waals surface area contributed by atoms with E-state index in [1.54, 1.807) is 26.0 Å². The molecule has 0 aliphatic carbocycles. The van der Waals surface area contributed by atoms with Gasteiger partial charge in [-0.15, -0.1) is 0 Å². The van der Waals surface area contributed by atoms with Crippen LogP contribution in [0.3, 0.4) is 0 Å². The predicted molar refractivity (Wildman–Crippen MR) is 113 cm³/mol. The van der Waals surface area contributed by atoms with Crippen molar-refractivity contribution in [2.45, 2.75) is 25.3 Å². The largest absolute Gasteiger partial charge is 0.325 e. The molecule has 6 nitrogen and oxygen atoms in total. The van der Waals surface area contributed by atoms with E-state index in [2.05, 4.69) is 5.32 Å². The van der Waals surface area contributed by atoms with Crippen LogP contribution < -0.4 is 5.32 Å². The van der Waals surface area contributed by atoms with Crippen LogP contribution in [-0.4, -0.2) is 50.2 Å². The zero-order valence-electron chi connectivity index (χ0n) is 16.4. The van der Waals surface area contributed by atoms with Gasteiger partial charge in [0.25, 0.3) is 0 Å². The van der Waals surface area contributed by atoms with Crippen LogP contribution in [0.2, 0.25) is 5.02 Å². The smallest absolute Gasteiger partial charge is 0.243 e. The van der Waals surface area contributed by atoms with Crippen molar-refractivity contribution in [1.29, 1.82) is 0 Å². The number of nitrogens with zero attached hydrogens (tertiary/aromatic N) is 2. The number of carbonyl (C=O) groups is 1. The van der Waals surface area contributed by atoms with E-state index >= 15 is 0 Å². The van der Waals surface area contributed by atoms with Crippen molar-refractivity contribution >= 4 is 33.2 Å². The molecule has 1 amide bonds. The van der Waals surface area contributed by atoms with Crippen molar-refractivity contribution in [1.82, 2.24) is 9.21 Å². The number of benzene rings is 2.